The van der Waals surface area contributed by atoms with Crippen LogP contribution in [0.15, 0.2) is 18.2 Å². The van der Waals surface area contributed by atoms with Gasteiger partial charge in [0.05, 0.1) is 11.2 Å². The van der Waals surface area contributed by atoms with E-state index < -0.39 is 23.2 Å². The van der Waals surface area contributed by atoms with Gasteiger partial charge in [-0.3, -0.25) is 0 Å². The molecule has 1 unspecified atom stereocenters. The minimum absolute atomic E-state index is 0.0147. The predicted molar refractivity (Wildman–Crippen MR) is 57.5 cm³/mol. The van der Waals surface area contributed by atoms with Crippen LogP contribution in [-0.2, 0) is 12.6 Å². The normalized spacial score (nSPS) is 24.5. The van der Waals surface area contributed by atoms with E-state index >= 15 is 0 Å². The van der Waals surface area contributed by atoms with Crippen molar-refractivity contribution >= 4 is 0 Å². The molecule has 0 aliphatic carbocycles. The zero-order valence-corrected chi connectivity index (χ0v) is 9.52. The van der Waals surface area contributed by atoms with Crippen molar-refractivity contribution in [3.63, 3.8) is 0 Å². The number of hydrogen-bond acceptors (Lipinski definition) is 2. The van der Waals surface area contributed by atoms with Gasteiger partial charge in [-0.05, 0) is 36.7 Å². The summed E-state index contributed by atoms with van der Waals surface area (Å²) >= 11 is 0. The molecule has 1 aliphatic rings. The van der Waals surface area contributed by atoms with Crippen LogP contribution in [0.4, 0.5) is 17.6 Å². The number of nitrogens with one attached hydrogen (secondary N) is 1. The fourth-order valence-corrected chi connectivity index (χ4v) is 2.18. The first-order chi connectivity index (χ1) is 8.28. The average molecular weight is 263 g/mol. The molecular formula is C12H13F4NO. The van der Waals surface area contributed by atoms with Gasteiger partial charge in [-0.15, -0.1) is 0 Å². The van der Waals surface area contributed by atoms with Crippen molar-refractivity contribution in [3.05, 3.63) is 35.1 Å². The minimum Gasteiger partial charge on any atom is -0.388 e. The van der Waals surface area contributed by atoms with E-state index in [0.29, 0.717) is 25.6 Å². The Hall–Kier alpha value is -1.14. The van der Waals surface area contributed by atoms with E-state index in [2.05, 4.69) is 5.32 Å². The average Bonchev–Trinajstić information content (AvgIpc) is 2.62. The second-order valence-electron chi connectivity index (χ2n) is 4.67. The Morgan fingerprint density at radius 1 is 1.28 bits per heavy atom. The number of hydrogen-bond donors (Lipinski definition) is 2. The van der Waals surface area contributed by atoms with Crippen molar-refractivity contribution in [2.75, 3.05) is 13.1 Å². The minimum atomic E-state index is -4.58. The third-order valence-corrected chi connectivity index (χ3v) is 3.04. The number of halogens is 4. The highest BCUT2D eigenvalue weighted by Crippen LogP contribution is 2.31. The predicted octanol–water partition coefficient (Wildman–Crippen LogP) is 2.11. The Kier molecular flexibility index (Phi) is 3.33. The molecule has 2 rings (SSSR count). The van der Waals surface area contributed by atoms with E-state index in [-0.39, 0.29) is 12.0 Å². The maximum atomic E-state index is 13.2. The number of aliphatic hydroxyl groups is 1. The van der Waals surface area contributed by atoms with Crippen LogP contribution < -0.4 is 5.32 Å². The highest BCUT2D eigenvalue weighted by Gasteiger charge is 2.34. The fourth-order valence-electron chi connectivity index (χ4n) is 2.18. The summed E-state index contributed by atoms with van der Waals surface area (Å²) in [7, 11) is 0. The molecule has 0 saturated carbocycles. The van der Waals surface area contributed by atoms with Crippen LogP contribution in [0.2, 0.25) is 0 Å². The first kappa shape index (κ1) is 13.3. The maximum Gasteiger partial charge on any atom is 0.416 e. The molecule has 1 aromatic rings. The smallest absolute Gasteiger partial charge is 0.388 e. The van der Waals surface area contributed by atoms with Crippen molar-refractivity contribution < 1.29 is 22.7 Å². The quantitative estimate of drug-likeness (QED) is 0.801. The van der Waals surface area contributed by atoms with Gasteiger partial charge in [-0.25, -0.2) is 4.39 Å². The molecule has 2 N–H and O–H groups in total. The lowest BCUT2D eigenvalue weighted by atomic mass is 9.93. The second-order valence-corrected chi connectivity index (χ2v) is 4.67. The summed E-state index contributed by atoms with van der Waals surface area (Å²) in [6, 6.07) is 2.38. The molecule has 1 fully saturated rings. The summed E-state index contributed by atoms with van der Waals surface area (Å²) in [6.07, 6.45) is -4.11. The fraction of sp³-hybridized carbons (Fsp3) is 0.500. The summed E-state index contributed by atoms with van der Waals surface area (Å²) in [6.45, 7) is 0.919. The molecule has 0 spiro atoms. The molecule has 18 heavy (non-hydrogen) atoms. The summed E-state index contributed by atoms with van der Waals surface area (Å²) < 4.78 is 50.7. The van der Waals surface area contributed by atoms with Crippen LogP contribution in [0.25, 0.3) is 0 Å². The molecule has 1 aliphatic heterocycles. The second kappa shape index (κ2) is 4.51. The Bertz CT molecular complexity index is 438. The highest BCUT2D eigenvalue weighted by molar-refractivity contribution is 5.28. The van der Waals surface area contributed by atoms with Crippen LogP contribution in [0.5, 0.6) is 0 Å². The van der Waals surface area contributed by atoms with Crippen molar-refractivity contribution in [1.29, 1.82) is 0 Å². The van der Waals surface area contributed by atoms with Gasteiger partial charge in [0, 0.05) is 13.0 Å². The van der Waals surface area contributed by atoms with Gasteiger partial charge in [0.1, 0.15) is 5.82 Å². The largest absolute Gasteiger partial charge is 0.416 e. The Balaban J connectivity index is 2.25. The van der Waals surface area contributed by atoms with Crippen molar-refractivity contribution in [2.24, 2.45) is 0 Å². The molecule has 2 nitrogen and oxygen atoms in total. The van der Waals surface area contributed by atoms with Crippen molar-refractivity contribution in [3.8, 4) is 0 Å². The van der Waals surface area contributed by atoms with Crippen molar-refractivity contribution in [1.82, 2.24) is 5.32 Å². The van der Waals surface area contributed by atoms with E-state index in [0.717, 1.165) is 12.1 Å². The summed E-state index contributed by atoms with van der Waals surface area (Å²) in [5.41, 5.74) is -1.95. The lowest BCUT2D eigenvalue weighted by Gasteiger charge is -2.21. The van der Waals surface area contributed by atoms with E-state index in [1.807, 2.05) is 0 Å². The first-order valence-corrected chi connectivity index (χ1v) is 5.58. The molecule has 100 valence electrons. The molecular weight excluding hydrogens is 250 g/mol. The molecule has 1 saturated heterocycles. The molecule has 1 heterocycles. The van der Waals surface area contributed by atoms with Crippen LogP contribution in [0, 0.1) is 5.82 Å². The van der Waals surface area contributed by atoms with E-state index in [1.54, 1.807) is 0 Å². The topological polar surface area (TPSA) is 32.3 Å². The summed E-state index contributed by atoms with van der Waals surface area (Å²) in [4.78, 5) is 0. The molecule has 0 radical (unpaired) electrons. The first-order valence-electron chi connectivity index (χ1n) is 5.58. The molecule has 0 bridgehead atoms. The van der Waals surface area contributed by atoms with E-state index in [9.17, 15) is 22.7 Å². The van der Waals surface area contributed by atoms with Crippen molar-refractivity contribution in [2.45, 2.75) is 24.6 Å². The maximum absolute atomic E-state index is 13.2. The van der Waals surface area contributed by atoms with Gasteiger partial charge in [-0.1, -0.05) is 0 Å². The van der Waals surface area contributed by atoms with Crippen LogP contribution >= 0.6 is 0 Å². The third kappa shape index (κ3) is 3.00. The van der Waals surface area contributed by atoms with Gasteiger partial charge < -0.3 is 10.4 Å². The Morgan fingerprint density at radius 2 is 2.00 bits per heavy atom. The Labute approximate surface area is 102 Å². The summed E-state index contributed by atoms with van der Waals surface area (Å²) in [5, 5.41) is 13.0. The monoisotopic (exact) mass is 263 g/mol. The van der Waals surface area contributed by atoms with Gasteiger partial charge in [0.25, 0.3) is 0 Å². The number of β-amino-alcohol motifs (C(OH)–C–C–N with tert-alkyl or cyclic N) is 1. The summed E-state index contributed by atoms with van der Waals surface area (Å²) in [5.74, 6) is -0.936. The van der Waals surface area contributed by atoms with Gasteiger partial charge >= 0.3 is 6.18 Å². The van der Waals surface area contributed by atoms with Crippen LogP contribution in [0.1, 0.15) is 17.5 Å². The lowest BCUT2D eigenvalue weighted by molar-refractivity contribution is -0.137. The molecule has 0 amide bonds. The van der Waals surface area contributed by atoms with E-state index in [4.69, 9.17) is 0 Å². The highest BCUT2D eigenvalue weighted by atomic mass is 19.4. The molecule has 6 heteroatoms. The zero-order valence-electron chi connectivity index (χ0n) is 9.52. The van der Waals surface area contributed by atoms with Crippen LogP contribution in [0.3, 0.4) is 0 Å². The molecule has 1 atom stereocenters. The molecule has 1 aromatic carbocycles. The zero-order chi connectivity index (χ0) is 13.4. The van der Waals surface area contributed by atoms with Gasteiger partial charge in [0.2, 0.25) is 0 Å². The third-order valence-electron chi connectivity index (χ3n) is 3.04. The Morgan fingerprint density at radius 3 is 2.56 bits per heavy atom. The van der Waals surface area contributed by atoms with E-state index in [1.165, 1.54) is 0 Å². The van der Waals surface area contributed by atoms with Crippen LogP contribution in [-0.4, -0.2) is 23.8 Å². The lowest BCUT2D eigenvalue weighted by Crippen LogP contribution is -2.33. The number of rotatable bonds is 2. The van der Waals surface area contributed by atoms with Gasteiger partial charge in [0.15, 0.2) is 0 Å². The SMILES string of the molecule is OC1(Cc2cc(F)cc(C(F)(F)F)c2)CCNC1. The number of benzene rings is 1. The molecule has 0 aromatic heterocycles. The standard InChI is InChI=1S/C12H13F4NO/c13-10-4-8(3-9(5-10)12(14,15)16)6-11(18)1-2-17-7-11/h3-5,17-18H,1-2,6-7H2. The number of alkyl halides is 3. The van der Waals surface area contributed by atoms with Gasteiger partial charge in [-0.2, -0.15) is 13.2 Å².